The summed E-state index contributed by atoms with van der Waals surface area (Å²) in [4.78, 5) is 15.5. The molecule has 0 N–H and O–H groups in total. The van der Waals surface area contributed by atoms with Gasteiger partial charge in [-0.15, -0.1) is 11.6 Å². The van der Waals surface area contributed by atoms with Gasteiger partial charge in [-0.1, -0.05) is 6.07 Å². The number of rotatable bonds is 6. The molecule has 20 heavy (non-hydrogen) atoms. The molecule has 0 bridgehead atoms. The number of benzene rings is 1. The van der Waals surface area contributed by atoms with Crippen molar-refractivity contribution >= 4 is 28.6 Å². The predicted octanol–water partition coefficient (Wildman–Crippen LogP) is 3.26. The number of nitrogens with zero attached hydrogens (tertiary/aromatic N) is 2. The number of imidazole rings is 1. The maximum atomic E-state index is 13.7. The lowest BCUT2D eigenvalue weighted by molar-refractivity contribution is -0.143. The third-order valence-electron chi connectivity index (χ3n) is 3.00. The average molecular weight is 299 g/mol. The molecule has 1 aromatic carbocycles. The number of fused-ring (bicyclic) bond motifs is 1. The third kappa shape index (κ3) is 3.10. The van der Waals surface area contributed by atoms with Crippen molar-refractivity contribution in [2.75, 3.05) is 6.61 Å². The van der Waals surface area contributed by atoms with Crippen LogP contribution in [0.15, 0.2) is 18.2 Å². The lowest BCUT2D eigenvalue weighted by Crippen LogP contribution is -2.08. The lowest BCUT2D eigenvalue weighted by Gasteiger charge is -2.07. The zero-order valence-electron chi connectivity index (χ0n) is 11.2. The minimum Gasteiger partial charge on any atom is -0.466 e. The van der Waals surface area contributed by atoms with Crippen molar-refractivity contribution in [3.05, 3.63) is 29.8 Å². The van der Waals surface area contributed by atoms with Crippen molar-refractivity contribution in [3.63, 3.8) is 0 Å². The quantitative estimate of drug-likeness (QED) is 0.607. The summed E-state index contributed by atoms with van der Waals surface area (Å²) < 4.78 is 20.4. The Morgan fingerprint density at radius 3 is 3.00 bits per heavy atom. The van der Waals surface area contributed by atoms with E-state index in [4.69, 9.17) is 16.3 Å². The highest BCUT2D eigenvalue weighted by Crippen LogP contribution is 2.21. The summed E-state index contributed by atoms with van der Waals surface area (Å²) in [5.74, 6) is 0.220. The molecule has 0 radical (unpaired) electrons. The Morgan fingerprint density at radius 1 is 1.50 bits per heavy atom. The Balaban J connectivity index is 2.16. The summed E-state index contributed by atoms with van der Waals surface area (Å²) in [6.45, 7) is 2.71. The summed E-state index contributed by atoms with van der Waals surface area (Å²) in [6, 6.07) is 4.81. The third-order valence-corrected chi connectivity index (χ3v) is 3.24. The Labute approximate surface area is 121 Å². The highest BCUT2D eigenvalue weighted by Gasteiger charge is 2.13. The Hall–Kier alpha value is -1.62. The fraction of sp³-hybridized carbons (Fsp3) is 0.429. The molecule has 0 saturated carbocycles. The lowest BCUT2D eigenvalue weighted by atomic mass is 10.2. The van der Waals surface area contributed by atoms with Crippen LogP contribution in [0, 0.1) is 5.82 Å². The number of esters is 1. The van der Waals surface area contributed by atoms with Gasteiger partial charge in [-0.2, -0.15) is 0 Å². The molecule has 0 atom stereocenters. The number of aromatic nitrogens is 2. The Bertz CT molecular complexity index is 612. The zero-order chi connectivity index (χ0) is 14.5. The fourth-order valence-corrected chi connectivity index (χ4v) is 2.33. The summed E-state index contributed by atoms with van der Waals surface area (Å²) >= 11 is 5.85. The first-order chi connectivity index (χ1) is 9.67. The molecule has 2 aromatic rings. The minimum absolute atomic E-state index is 0.202. The van der Waals surface area contributed by atoms with E-state index in [1.54, 1.807) is 19.1 Å². The first-order valence-electron chi connectivity index (χ1n) is 6.52. The molecule has 2 rings (SSSR count). The highest BCUT2D eigenvalue weighted by molar-refractivity contribution is 6.16. The number of carbonyl (C=O) groups is 1. The van der Waals surface area contributed by atoms with Crippen LogP contribution in [0.2, 0.25) is 0 Å². The van der Waals surface area contributed by atoms with Gasteiger partial charge in [0, 0.05) is 13.0 Å². The topological polar surface area (TPSA) is 44.1 Å². The monoisotopic (exact) mass is 298 g/mol. The molecule has 0 saturated heterocycles. The van der Waals surface area contributed by atoms with E-state index in [1.165, 1.54) is 6.07 Å². The number of ether oxygens (including phenoxy) is 1. The van der Waals surface area contributed by atoms with Gasteiger partial charge in [0.15, 0.2) is 5.82 Å². The summed E-state index contributed by atoms with van der Waals surface area (Å²) in [7, 11) is 0. The molecule has 4 nitrogen and oxygen atoms in total. The maximum absolute atomic E-state index is 13.7. The number of hydrogen-bond acceptors (Lipinski definition) is 3. The predicted molar refractivity (Wildman–Crippen MR) is 75.1 cm³/mol. The minimum atomic E-state index is -0.363. The molecule has 0 amide bonds. The maximum Gasteiger partial charge on any atom is 0.305 e. The van der Waals surface area contributed by atoms with Crippen molar-refractivity contribution in [2.45, 2.75) is 32.2 Å². The van der Waals surface area contributed by atoms with E-state index in [-0.39, 0.29) is 17.7 Å². The van der Waals surface area contributed by atoms with Gasteiger partial charge in [0.2, 0.25) is 0 Å². The van der Waals surface area contributed by atoms with Crippen LogP contribution in [0.4, 0.5) is 4.39 Å². The number of halogens is 2. The van der Waals surface area contributed by atoms with Gasteiger partial charge >= 0.3 is 5.97 Å². The van der Waals surface area contributed by atoms with Crippen LogP contribution < -0.4 is 0 Å². The summed E-state index contributed by atoms with van der Waals surface area (Å²) in [5, 5.41) is 0. The van der Waals surface area contributed by atoms with Gasteiger partial charge in [-0.05, 0) is 25.5 Å². The van der Waals surface area contributed by atoms with Gasteiger partial charge in [0.1, 0.15) is 11.3 Å². The molecular formula is C14H16ClFN2O2. The highest BCUT2D eigenvalue weighted by atomic mass is 35.5. The molecule has 0 aliphatic carbocycles. The molecule has 0 unspecified atom stereocenters. The number of carbonyl (C=O) groups excluding carboxylic acids is 1. The fourth-order valence-electron chi connectivity index (χ4n) is 2.13. The van der Waals surface area contributed by atoms with Crippen LogP contribution in [0.5, 0.6) is 0 Å². The molecule has 0 spiro atoms. The Morgan fingerprint density at radius 2 is 2.30 bits per heavy atom. The SMILES string of the molecule is CCOC(=O)CCCn1c(CCl)nc2c(F)cccc21. The van der Waals surface area contributed by atoms with E-state index in [9.17, 15) is 9.18 Å². The molecular weight excluding hydrogens is 283 g/mol. The smallest absolute Gasteiger partial charge is 0.305 e. The van der Waals surface area contributed by atoms with Gasteiger partial charge in [-0.3, -0.25) is 4.79 Å². The van der Waals surface area contributed by atoms with Crippen LogP contribution in [-0.2, 0) is 22.0 Å². The van der Waals surface area contributed by atoms with E-state index in [2.05, 4.69) is 4.98 Å². The molecule has 1 heterocycles. The molecule has 0 fully saturated rings. The van der Waals surface area contributed by atoms with Crippen LogP contribution in [0.25, 0.3) is 11.0 Å². The van der Waals surface area contributed by atoms with E-state index < -0.39 is 0 Å². The molecule has 108 valence electrons. The van der Waals surface area contributed by atoms with Gasteiger partial charge in [0.05, 0.1) is 18.0 Å². The van der Waals surface area contributed by atoms with Crippen LogP contribution in [0.3, 0.4) is 0 Å². The zero-order valence-corrected chi connectivity index (χ0v) is 12.0. The summed E-state index contributed by atoms with van der Waals surface area (Å²) in [5.41, 5.74) is 1.02. The van der Waals surface area contributed by atoms with Crippen LogP contribution >= 0.6 is 11.6 Å². The van der Waals surface area contributed by atoms with Crippen LogP contribution in [0.1, 0.15) is 25.6 Å². The Kier molecular flexibility index (Phi) is 4.95. The molecule has 0 aliphatic heterocycles. The van der Waals surface area contributed by atoms with E-state index in [0.29, 0.717) is 42.9 Å². The van der Waals surface area contributed by atoms with Crippen molar-refractivity contribution < 1.29 is 13.9 Å². The van der Waals surface area contributed by atoms with Gasteiger partial charge in [-0.25, -0.2) is 9.37 Å². The number of para-hydroxylation sites is 1. The first-order valence-corrected chi connectivity index (χ1v) is 7.06. The van der Waals surface area contributed by atoms with E-state index in [0.717, 1.165) is 0 Å². The van der Waals surface area contributed by atoms with Crippen molar-refractivity contribution in [1.82, 2.24) is 9.55 Å². The number of hydrogen-bond donors (Lipinski definition) is 0. The number of alkyl halides is 1. The largest absolute Gasteiger partial charge is 0.466 e. The van der Waals surface area contributed by atoms with E-state index in [1.807, 2.05) is 4.57 Å². The molecule has 1 aromatic heterocycles. The second-order valence-electron chi connectivity index (χ2n) is 4.33. The molecule has 0 aliphatic rings. The van der Waals surface area contributed by atoms with Gasteiger partial charge < -0.3 is 9.30 Å². The van der Waals surface area contributed by atoms with E-state index >= 15 is 0 Å². The van der Waals surface area contributed by atoms with Crippen LogP contribution in [-0.4, -0.2) is 22.1 Å². The normalized spacial score (nSPS) is 10.9. The standard InChI is InChI=1S/C14H16ClFN2O2/c1-2-20-13(19)7-4-8-18-11-6-3-5-10(16)14(11)17-12(18)9-15/h3,5-6H,2,4,7-9H2,1H3. The molecule has 6 heteroatoms. The van der Waals surface area contributed by atoms with Gasteiger partial charge in [0.25, 0.3) is 0 Å². The second kappa shape index (κ2) is 6.70. The number of aryl methyl sites for hydroxylation is 1. The average Bonchev–Trinajstić information content (AvgIpc) is 2.79. The van der Waals surface area contributed by atoms with Crippen molar-refractivity contribution in [3.8, 4) is 0 Å². The van der Waals surface area contributed by atoms with Crippen molar-refractivity contribution in [2.24, 2.45) is 0 Å². The summed E-state index contributed by atoms with van der Waals surface area (Å²) in [6.07, 6.45) is 0.926. The van der Waals surface area contributed by atoms with Crippen molar-refractivity contribution in [1.29, 1.82) is 0 Å². The first kappa shape index (κ1) is 14.8. The second-order valence-corrected chi connectivity index (χ2v) is 4.60.